The molecule has 0 radical (unpaired) electrons. The first-order valence-corrected chi connectivity index (χ1v) is 8.55. The number of amides is 1. The topological polar surface area (TPSA) is 46.6 Å². The van der Waals surface area contributed by atoms with E-state index in [-0.39, 0.29) is 17.8 Å². The van der Waals surface area contributed by atoms with Crippen molar-refractivity contribution in [2.75, 3.05) is 19.7 Å². The van der Waals surface area contributed by atoms with Gasteiger partial charge in [0.25, 0.3) is 0 Å². The minimum absolute atomic E-state index is 0.139. The molecular weight excluding hydrogens is 286 g/mol. The number of ether oxygens (including phenoxy) is 1. The maximum Gasteiger partial charge on any atom is 0.310 e. The molecule has 2 rings (SSSR count). The fourth-order valence-electron chi connectivity index (χ4n) is 2.68. The van der Waals surface area contributed by atoms with Gasteiger partial charge in [0.1, 0.15) is 0 Å². The summed E-state index contributed by atoms with van der Waals surface area (Å²) in [6.45, 7) is 3.52. The number of rotatable bonds is 6. The second-order valence-electron chi connectivity index (χ2n) is 5.36. The van der Waals surface area contributed by atoms with Crippen LogP contribution in [-0.2, 0) is 20.7 Å². The average molecular weight is 309 g/mol. The quantitative estimate of drug-likeness (QED) is 0.759. The summed E-state index contributed by atoms with van der Waals surface area (Å²) in [4.78, 5) is 27.2. The van der Waals surface area contributed by atoms with E-state index in [1.807, 2.05) is 17.9 Å². The Hall–Kier alpha value is -1.36. The van der Waals surface area contributed by atoms with Gasteiger partial charge >= 0.3 is 5.97 Å². The second kappa shape index (κ2) is 8.17. The van der Waals surface area contributed by atoms with E-state index in [1.165, 1.54) is 4.88 Å². The molecule has 1 aromatic heterocycles. The van der Waals surface area contributed by atoms with Crippen LogP contribution in [0.15, 0.2) is 17.5 Å². The van der Waals surface area contributed by atoms with Gasteiger partial charge < -0.3 is 9.64 Å². The van der Waals surface area contributed by atoms with Gasteiger partial charge in [0.15, 0.2) is 0 Å². The number of aryl methyl sites for hydroxylation is 1. The molecule has 116 valence electrons. The van der Waals surface area contributed by atoms with E-state index in [0.29, 0.717) is 19.6 Å². The molecule has 1 aliphatic rings. The smallest absolute Gasteiger partial charge is 0.310 e. The first kappa shape index (κ1) is 16.0. The molecule has 2 heterocycles. The van der Waals surface area contributed by atoms with Crippen molar-refractivity contribution >= 4 is 23.2 Å². The van der Waals surface area contributed by atoms with Gasteiger partial charge in [-0.3, -0.25) is 9.59 Å². The number of hydrogen-bond donors (Lipinski definition) is 0. The molecule has 0 aromatic carbocycles. The highest BCUT2D eigenvalue weighted by molar-refractivity contribution is 7.09. The molecule has 1 saturated heterocycles. The van der Waals surface area contributed by atoms with Crippen LogP contribution in [0.2, 0.25) is 0 Å². The molecule has 1 aromatic rings. The van der Waals surface area contributed by atoms with Crippen LogP contribution >= 0.6 is 11.3 Å². The Balaban J connectivity index is 1.75. The molecule has 1 amide bonds. The van der Waals surface area contributed by atoms with Crippen LogP contribution < -0.4 is 0 Å². The maximum absolute atomic E-state index is 12.2. The van der Waals surface area contributed by atoms with Gasteiger partial charge in [-0.25, -0.2) is 0 Å². The van der Waals surface area contributed by atoms with Gasteiger partial charge in [-0.1, -0.05) is 6.07 Å². The monoisotopic (exact) mass is 309 g/mol. The molecule has 0 N–H and O–H groups in total. The van der Waals surface area contributed by atoms with Crippen LogP contribution in [0.5, 0.6) is 0 Å². The highest BCUT2D eigenvalue weighted by atomic mass is 32.1. The summed E-state index contributed by atoms with van der Waals surface area (Å²) in [7, 11) is 0. The largest absolute Gasteiger partial charge is 0.466 e. The minimum atomic E-state index is -0.159. The summed E-state index contributed by atoms with van der Waals surface area (Å²) in [5.41, 5.74) is 0. The van der Waals surface area contributed by atoms with E-state index in [9.17, 15) is 9.59 Å². The normalized spacial score (nSPS) is 18.5. The van der Waals surface area contributed by atoms with Crippen molar-refractivity contribution < 1.29 is 14.3 Å². The van der Waals surface area contributed by atoms with Crippen LogP contribution in [0.3, 0.4) is 0 Å². The number of esters is 1. The predicted molar refractivity (Wildman–Crippen MR) is 83.2 cm³/mol. The standard InChI is InChI=1S/C16H23NO3S/c1-2-20-16(19)13-6-4-10-17(12-13)15(18)9-3-7-14-8-5-11-21-14/h5,8,11,13H,2-4,6-7,9-10,12H2,1H3. The lowest BCUT2D eigenvalue weighted by Gasteiger charge is -2.31. The Morgan fingerprint density at radius 1 is 1.48 bits per heavy atom. The third-order valence-corrected chi connectivity index (χ3v) is 4.72. The van der Waals surface area contributed by atoms with E-state index in [0.717, 1.165) is 32.2 Å². The van der Waals surface area contributed by atoms with Crippen LogP contribution in [0.25, 0.3) is 0 Å². The first-order chi connectivity index (χ1) is 10.2. The van der Waals surface area contributed by atoms with Crippen molar-refractivity contribution in [3.63, 3.8) is 0 Å². The summed E-state index contributed by atoms with van der Waals surface area (Å²) in [6, 6.07) is 4.14. The van der Waals surface area contributed by atoms with Crippen LogP contribution in [0.1, 0.15) is 37.5 Å². The van der Waals surface area contributed by atoms with Crippen molar-refractivity contribution in [1.82, 2.24) is 4.90 Å². The van der Waals surface area contributed by atoms with Crippen LogP contribution in [0, 0.1) is 5.92 Å². The minimum Gasteiger partial charge on any atom is -0.466 e. The lowest BCUT2D eigenvalue weighted by atomic mass is 9.97. The zero-order valence-corrected chi connectivity index (χ0v) is 13.4. The molecule has 21 heavy (non-hydrogen) atoms. The van der Waals surface area contributed by atoms with Gasteiger partial charge in [0, 0.05) is 24.4 Å². The molecule has 0 spiro atoms. The fourth-order valence-corrected chi connectivity index (χ4v) is 3.43. The second-order valence-corrected chi connectivity index (χ2v) is 6.40. The van der Waals surface area contributed by atoms with Gasteiger partial charge in [-0.15, -0.1) is 11.3 Å². The molecule has 1 fully saturated rings. The lowest BCUT2D eigenvalue weighted by Crippen LogP contribution is -2.42. The molecule has 0 aliphatic carbocycles. The van der Waals surface area contributed by atoms with E-state index in [2.05, 4.69) is 11.4 Å². The van der Waals surface area contributed by atoms with Crippen LogP contribution in [-0.4, -0.2) is 36.5 Å². The average Bonchev–Trinajstić information content (AvgIpc) is 3.01. The first-order valence-electron chi connectivity index (χ1n) is 7.67. The molecule has 0 saturated carbocycles. The molecule has 1 aliphatic heterocycles. The number of piperidine rings is 1. The zero-order chi connectivity index (χ0) is 15.1. The van der Waals surface area contributed by atoms with Crippen molar-refractivity contribution in [3.8, 4) is 0 Å². The number of carbonyl (C=O) groups is 2. The Labute approximate surface area is 130 Å². The van der Waals surface area contributed by atoms with Gasteiger partial charge in [0.05, 0.1) is 12.5 Å². The van der Waals surface area contributed by atoms with Crippen molar-refractivity contribution in [1.29, 1.82) is 0 Å². The van der Waals surface area contributed by atoms with E-state index < -0.39 is 0 Å². The Morgan fingerprint density at radius 2 is 2.33 bits per heavy atom. The maximum atomic E-state index is 12.2. The third kappa shape index (κ3) is 4.84. The van der Waals surface area contributed by atoms with E-state index in [4.69, 9.17) is 4.74 Å². The SMILES string of the molecule is CCOC(=O)C1CCCN(C(=O)CCCc2cccs2)C1. The van der Waals surface area contributed by atoms with E-state index in [1.54, 1.807) is 11.3 Å². The fraction of sp³-hybridized carbons (Fsp3) is 0.625. The summed E-state index contributed by atoms with van der Waals surface area (Å²) in [5, 5.41) is 2.06. The Morgan fingerprint density at radius 3 is 3.05 bits per heavy atom. The van der Waals surface area contributed by atoms with Crippen molar-refractivity contribution in [3.05, 3.63) is 22.4 Å². The summed E-state index contributed by atoms with van der Waals surface area (Å²) in [5.74, 6) is -0.130. The Bertz CT molecular complexity index is 458. The van der Waals surface area contributed by atoms with Crippen molar-refractivity contribution in [2.24, 2.45) is 5.92 Å². The summed E-state index contributed by atoms with van der Waals surface area (Å²) < 4.78 is 5.06. The van der Waals surface area contributed by atoms with Gasteiger partial charge in [-0.05, 0) is 44.1 Å². The van der Waals surface area contributed by atoms with E-state index >= 15 is 0 Å². The number of hydrogen-bond acceptors (Lipinski definition) is 4. The van der Waals surface area contributed by atoms with Crippen molar-refractivity contribution in [2.45, 2.75) is 39.0 Å². The molecular formula is C16H23NO3S. The molecule has 1 unspecified atom stereocenters. The molecule has 0 bridgehead atoms. The summed E-state index contributed by atoms with van der Waals surface area (Å²) in [6.07, 6.45) is 4.11. The third-order valence-electron chi connectivity index (χ3n) is 3.79. The Kier molecular flexibility index (Phi) is 6.23. The molecule has 4 nitrogen and oxygen atoms in total. The molecule has 1 atom stereocenters. The predicted octanol–water partition coefficient (Wildman–Crippen LogP) is 2.87. The number of thiophene rings is 1. The molecule has 5 heteroatoms. The van der Waals surface area contributed by atoms with Gasteiger partial charge in [0.2, 0.25) is 5.91 Å². The highest BCUT2D eigenvalue weighted by Crippen LogP contribution is 2.19. The highest BCUT2D eigenvalue weighted by Gasteiger charge is 2.28. The number of carbonyl (C=O) groups excluding carboxylic acids is 2. The number of likely N-dealkylation sites (tertiary alicyclic amines) is 1. The van der Waals surface area contributed by atoms with Gasteiger partial charge in [-0.2, -0.15) is 0 Å². The lowest BCUT2D eigenvalue weighted by molar-refractivity contribution is -0.151. The van der Waals surface area contributed by atoms with Crippen LogP contribution in [0.4, 0.5) is 0 Å². The zero-order valence-electron chi connectivity index (χ0n) is 12.5. The number of nitrogens with zero attached hydrogens (tertiary/aromatic N) is 1. The summed E-state index contributed by atoms with van der Waals surface area (Å²) >= 11 is 1.73.